The van der Waals surface area contributed by atoms with E-state index in [1.807, 2.05) is 30.3 Å². The second-order valence-electron chi connectivity index (χ2n) is 4.81. The summed E-state index contributed by atoms with van der Waals surface area (Å²) >= 11 is 3.42. The summed E-state index contributed by atoms with van der Waals surface area (Å²) in [7, 11) is 1.35. The molecule has 0 fully saturated rings. The molecule has 22 heavy (non-hydrogen) atoms. The van der Waals surface area contributed by atoms with Crippen LogP contribution in [0.2, 0.25) is 0 Å². The summed E-state index contributed by atoms with van der Waals surface area (Å²) in [6, 6.07) is 13.9. The summed E-state index contributed by atoms with van der Waals surface area (Å²) in [4.78, 5) is 11.2. The molecular formula is C18H17BrO3. The van der Waals surface area contributed by atoms with Crippen molar-refractivity contribution in [2.75, 3.05) is 7.11 Å². The average Bonchev–Trinajstić information content (AvgIpc) is 2.53. The Kier molecular flexibility index (Phi) is 5.78. The quantitative estimate of drug-likeness (QED) is 0.580. The molecule has 0 aliphatic carbocycles. The maximum Gasteiger partial charge on any atom is 0.330 e. The fourth-order valence-corrected chi connectivity index (χ4v) is 2.23. The van der Waals surface area contributed by atoms with E-state index in [0.29, 0.717) is 12.4 Å². The molecule has 0 aliphatic rings. The van der Waals surface area contributed by atoms with E-state index >= 15 is 0 Å². The van der Waals surface area contributed by atoms with E-state index in [-0.39, 0.29) is 0 Å². The lowest BCUT2D eigenvalue weighted by atomic mass is 10.1. The number of carbonyl (C=O) groups excluding carboxylic acids is 1. The molecule has 0 aliphatic heterocycles. The third kappa shape index (κ3) is 4.74. The maximum absolute atomic E-state index is 11.2. The number of rotatable bonds is 5. The number of carbonyl (C=O) groups is 1. The Labute approximate surface area is 138 Å². The monoisotopic (exact) mass is 360 g/mol. The van der Waals surface area contributed by atoms with Gasteiger partial charge in [-0.25, -0.2) is 4.79 Å². The van der Waals surface area contributed by atoms with Crippen LogP contribution in [0, 0.1) is 6.92 Å². The predicted molar refractivity (Wildman–Crippen MR) is 90.7 cm³/mol. The minimum Gasteiger partial charge on any atom is -0.488 e. The first-order valence-corrected chi connectivity index (χ1v) is 7.61. The lowest BCUT2D eigenvalue weighted by molar-refractivity contribution is -0.134. The van der Waals surface area contributed by atoms with Crippen molar-refractivity contribution in [1.29, 1.82) is 0 Å². The molecule has 4 heteroatoms. The molecule has 3 nitrogen and oxygen atoms in total. The minimum absolute atomic E-state index is 0.399. The van der Waals surface area contributed by atoms with Crippen molar-refractivity contribution in [3.63, 3.8) is 0 Å². The summed E-state index contributed by atoms with van der Waals surface area (Å²) < 4.78 is 11.4. The Balaban J connectivity index is 2.14. The zero-order valence-electron chi connectivity index (χ0n) is 12.5. The van der Waals surface area contributed by atoms with Crippen LogP contribution in [-0.2, 0) is 16.1 Å². The summed E-state index contributed by atoms with van der Waals surface area (Å²) in [5.74, 6) is 0.313. The number of ether oxygens (including phenoxy) is 2. The molecule has 2 aromatic carbocycles. The lowest BCUT2D eigenvalue weighted by Crippen LogP contribution is -1.98. The second kappa shape index (κ2) is 7.80. The fourth-order valence-electron chi connectivity index (χ4n) is 1.85. The molecule has 0 aromatic heterocycles. The number of halogens is 1. The van der Waals surface area contributed by atoms with Crippen molar-refractivity contribution in [2.45, 2.75) is 13.5 Å². The molecule has 0 atom stereocenters. The predicted octanol–water partition coefficient (Wildman–Crippen LogP) is 4.52. The molecule has 0 heterocycles. The zero-order chi connectivity index (χ0) is 15.9. The molecule has 114 valence electrons. The zero-order valence-corrected chi connectivity index (χ0v) is 14.1. The van der Waals surface area contributed by atoms with E-state index in [4.69, 9.17) is 4.74 Å². The molecule has 0 saturated heterocycles. The van der Waals surface area contributed by atoms with Crippen LogP contribution in [0.3, 0.4) is 0 Å². The average molecular weight is 361 g/mol. The van der Waals surface area contributed by atoms with Crippen molar-refractivity contribution in [3.05, 3.63) is 69.7 Å². The first-order chi connectivity index (χ1) is 10.6. The molecule has 0 spiro atoms. The summed E-state index contributed by atoms with van der Waals surface area (Å²) in [6.45, 7) is 2.52. The molecule has 0 bridgehead atoms. The van der Waals surface area contributed by atoms with Gasteiger partial charge in [0.2, 0.25) is 0 Å². The number of aryl methyl sites for hydroxylation is 1. The van der Waals surface area contributed by atoms with E-state index in [2.05, 4.69) is 39.7 Å². The van der Waals surface area contributed by atoms with Gasteiger partial charge in [0.05, 0.1) is 7.11 Å². The van der Waals surface area contributed by atoms with Gasteiger partial charge in [0, 0.05) is 16.1 Å². The summed E-state index contributed by atoms with van der Waals surface area (Å²) in [5.41, 5.74) is 3.12. The van der Waals surface area contributed by atoms with Crippen molar-refractivity contribution in [3.8, 4) is 5.75 Å². The molecule has 2 rings (SSSR count). The molecule has 2 aromatic rings. The van der Waals surface area contributed by atoms with E-state index in [9.17, 15) is 4.79 Å². The largest absolute Gasteiger partial charge is 0.488 e. The Morgan fingerprint density at radius 2 is 1.91 bits per heavy atom. The normalized spacial score (nSPS) is 10.7. The third-order valence-electron chi connectivity index (χ3n) is 3.09. The molecule has 0 radical (unpaired) electrons. The second-order valence-corrected chi connectivity index (χ2v) is 5.73. The van der Waals surface area contributed by atoms with Crippen LogP contribution >= 0.6 is 15.9 Å². The van der Waals surface area contributed by atoms with Crippen LogP contribution in [0.1, 0.15) is 16.7 Å². The smallest absolute Gasteiger partial charge is 0.330 e. The van der Waals surface area contributed by atoms with E-state index < -0.39 is 5.97 Å². The number of methoxy groups -OCH3 is 1. The van der Waals surface area contributed by atoms with E-state index in [0.717, 1.165) is 15.6 Å². The molecule has 0 amide bonds. The molecule has 0 saturated carbocycles. The standard InChI is InChI=1S/C18H17BrO3/c1-13-3-5-14(6-4-13)12-22-17-9-8-16(19)11-15(17)7-10-18(20)21-2/h3-11H,12H2,1-2H3/b10-7+. The van der Waals surface area contributed by atoms with Gasteiger partial charge in [-0.3, -0.25) is 0 Å². The minimum atomic E-state index is -0.399. The van der Waals surface area contributed by atoms with Crippen molar-refractivity contribution < 1.29 is 14.3 Å². The Hall–Kier alpha value is -2.07. The number of benzene rings is 2. The fraction of sp³-hybridized carbons (Fsp3) is 0.167. The van der Waals surface area contributed by atoms with Gasteiger partial charge in [-0.2, -0.15) is 0 Å². The molecular weight excluding hydrogens is 344 g/mol. The Morgan fingerprint density at radius 3 is 2.59 bits per heavy atom. The van der Waals surface area contributed by atoms with Gasteiger partial charge >= 0.3 is 5.97 Å². The Morgan fingerprint density at radius 1 is 1.18 bits per heavy atom. The van der Waals surface area contributed by atoms with Gasteiger partial charge in [0.15, 0.2) is 0 Å². The van der Waals surface area contributed by atoms with E-state index in [1.165, 1.54) is 18.7 Å². The highest BCUT2D eigenvalue weighted by atomic mass is 79.9. The molecule has 0 unspecified atom stereocenters. The van der Waals surface area contributed by atoms with Gasteiger partial charge in [0.1, 0.15) is 12.4 Å². The van der Waals surface area contributed by atoms with Crippen LogP contribution in [0.15, 0.2) is 53.0 Å². The lowest BCUT2D eigenvalue weighted by Gasteiger charge is -2.10. The van der Waals surface area contributed by atoms with Crippen LogP contribution in [-0.4, -0.2) is 13.1 Å². The van der Waals surface area contributed by atoms with Crippen LogP contribution in [0.4, 0.5) is 0 Å². The Bertz CT molecular complexity index is 675. The van der Waals surface area contributed by atoms with Gasteiger partial charge < -0.3 is 9.47 Å². The maximum atomic E-state index is 11.2. The van der Waals surface area contributed by atoms with Gasteiger partial charge in [0.25, 0.3) is 0 Å². The first-order valence-electron chi connectivity index (χ1n) is 6.82. The van der Waals surface area contributed by atoms with E-state index in [1.54, 1.807) is 6.08 Å². The van der Waals surface area contributed by atoms with Gasteiger partial charge in [-0.05, 0) is 36.8 Å². The number of hydrogen-bond donors (Lipinski definition) is 0. The topological polar surface area (TPSA) is 35.5 Å². The SMILES string of the molecule is COC(=O)/C=C/c1cc(Br)ccc1OCc1ccc(C)cc1. The van der Waals surface area contributed by atoms with Crippen LogP contribution in [0.5, 0.6) is 5.75 Å². The number of hydrogen-bond acceptors (Lipinski definition) is 3. The molecule has 0 N–H and O–H groups in total. The van der Waals surface area contributed by atoms with Crippen molar-refractivity contribution >= 4 is 28.0 Å². The summed E-state index contributed by atoms with van der Waals surface area (Å²) in [5, 5.41) is 0. The number of esters is 1. The van der Waals surface area contributed by atoms with Crippen molar-refractivity contribution in [2.24, 2.45) is 0 Å². The highest BCUT2D eigenvalue weighted by molar-refractivity contribution is 9.10. The van der Waals surface area contributed by atoms with Crippen molar-refractivity contribution in [1.82, 2.24) is 0 Å². The third-order valence-corrected chi connectivity index (χ3v) is 3.58. The van der Waals surface area contributed by atoms with Crippen LogP contribution in [0.25, 0.3) is 6.08 Å². The first kappa shape index (κ1) is 16.3. The van der Waals surface area contributed by atoms with Gasteiger partial charge in [-0.1, -0.05) is 45.8 Å². The van der Waals surface area contributed by atoms with Gasteiger partial charge in [-0.15, -0.1) is 0 Å². The highest BCUT2D eigenvalue weighted by Gasteiger charge is 2.04. The summed E-state index contributed by atoms with van der Waals surface area (Å²) in [6.07, 6.45) is 3.06. The van der Waals surface area contributed by atoms with Crippen LogP contribution < -0.4 is 4.74 Å². The highest BCUT2D eigenvalue weighted by Crippen LogP contribution is 2.25.